The zero-order valence-electron chi connectivity index (χ0n) is 21.4. The van der Waals surface area contributed by atoms with E-state index in [1.165, 1.54) is 37.6 Å². The van der Waals surface area contributed by atoms with Gasteiger partial charge in [0, 0.05) is 17.6 Å². The fourth-order valence-electron chi connectivity index (χ4n) is 5.58. The molecule has 39 heavy (non-hydrogen) atoms. The molecule has 1 aliphatic heterocycles. The monoisotopic (exact) mass is 686 g/mol. The van der Waals surface area contributed by atoms with E-state index in [2.05, 4.69) is 81.1 Å². The fourth-order valence-corrected chi connectivity index (χ4v) is 5.58. The van der Waals surface area contributed by atoms with E-state index in [-0.39, 0.29) is 20.1 Å². The smallest absolute Gasteiger partial charge is 0.513 e. The van der Waals surface area contributed by atoms with Crippen molar-refractivity contribution in [1.29, 1.82) is 0 Å². The Hall–Kier alpha value is -3.79. The molecule has 2 aromatic heterocycles. The van der Waals surface area contributed by atoms with Gasteiger partial charge in [-0.3, -0.25) is 0 Å². The number of fused-ring (bicyclic) bond motifs is 3. The second-order valence-corrected chi connectivity index (χ2v) is 9.88. The Bertz CT molecular complexity index is 1690. The molecule has 5 heteroatoms. The van der Waals surface area contributed by atoms with Crippen molar-refractivity contribution in [3.05, 3.63) is 116 Å². The molecule has 0 amide bonds. The number of hydrogen-bond donors (Lipinski definition) is 0. The normalized spacial score (nSPS) is 14.1. The predicted molar refractivity (Wildman–Crippen MR) is 149 cm³/mol. The maximum atomic E-state index is 6.27. The molecule has 4 nitrogen and oxygen atoms in total. The van der Waals surface area contributed by atoms with Gasteiger partial charge in [0.2, 0.25) is 6.33 Å². The number of benzene rings is 4. The minimum Gasteiger partial charge on any atom is -0.513 e. The van der Waals surface area contributed by atoms with Crippen LogP contribution in [0.25, 0.3) is 38.8 Å². The van der Waals surface area contributed by atoms with Crippen LogP contribution in [0.5, 0.6) is 11.5 Å². The van der Waals surface area contributed by atoms with Gasteiger partial charge in [-0.15, -0.1) is 70.9 Å². The first-order valence-corrected chi connectivity index (χ1v) is 13.3. The van der Waals surface area contributed by atoms with Crippen LogP contribution in [0, 0.1) is 18.5 Å². The number of para-hydroxylation sites is 1. The Morgan fingerprint density at radius 3 is 2.51 bits per heavy atom. The van der Waals surface area contributed by atoms with Crippen molar-refractivity contribution in [2.24, 2.45) is 0 Å². The Labute approximate surface area is 242 Å². The molecule has 2 aliphatic rings. The summed E-state index contributed by atoms with van der Waals surface area (Å²) in [5, 5.41) is 2.25. The number of hydrogen-bond acceptors (Lipinski definition) is 2. The molecule has 0 bridgehead atoms. The molecule has 192 valence electrons. The number of ether oxygens (including phenoxy) is 1. The average Bonchev–Trinajstić information content (AvgIpc) is 3.39. The van der Waals surface area contributed by atoms with Crippen molar-refractivity contribution in [1.82, 2.24) is 9.55 Å². The van der Waals surface area contributed by atoms with Crippen LogP contribution in [0.15, 0.2) is 97.2 Å². The molecular weight excluding hydrogens is 659 g/mol. The zero-order valence-corrected chi connectivity index (χ0v) is 23.8. The van der Waals surface area contributed by atoms with Gasteiger partial charge in [-0.1, -0.05) is 42.8 Å². The van der Waals surface area contributed by atoms with Gasteiger partial charge in [0.15, 0.2) is 0 Å². The minimum atomic E-state index is 0. The molecule has 0 unspecified atom stereocenters. The van der Waals surface area contributed by atoms with Crippen molar-refractivity contribution in [3.8, 4) is 28.4 Å². The summed E-state index contributed by atoms with van der Waals surface area (Å²) in [5.41, 5.74) is 5.29. The predicted octanol–water partition coefficient (Wildman–Crippen LogP) is 7.83. The Morgan fingerprint density at radius 1 is 0.846 bits per heavy atom. The van der Waals surface area contributed by atoms with Crippen LogP contribution in [0.3, 0.4) is 0 Å². The number of pyridine rings is 1. The largest absolute Gasteiger partial charge is 3.00 e. The summed E-state index contributed by atoms with van der Waals surface area (Å²) in [5.74, 6) is 1.76. The molecule has 3 heterocycles. The minimum absolute atomic E-state index is 0. The zero-order chi connectivity index (χ0) is 25.3. The molecule has 0 spiro atoms. The molecule has 8 rings (SSSR count). The van der Waals surface area contributed by atoms with Crippen LogP contribution in [-0.2, 0) is 20.1 Å². The fraction of sp³-hybridized carbons (Fsp3) is 0.176. The molecule has 6 aromatic rings. The Balaban J connectivity index is 0.000000180. The maximum absolute atomic E-state index is 6.27. The van der Waals surface area contributed by atoms with Gasteiger partial charge in [-0.2, -0.15) is 0 Å². The summed E-state index contributed by atoms with van der Waals surface area (Å²) in [6, 6.07) is 37.7. The topological polar surface area (TPSA) is 30.9 Å². The summed E-state index contributed by atoms with van der Waals surface area (Å²) < 4.78 is 10.8. The van der Waals surface area contributed by atoms with Crippen molar-refractivity contribution >= 4 is 21.8 Å². The summed E-state index contributed by atoms with van der Waals surface area (Å²) in [6.07, 6.45) is 11.9. The summed E-state index contributed by atoms with van der Waals surface area (Å²) in [6.45, 7) is 0. The molecule has 4 aromatic carbocycles. The van der Waals surface area contributed by atoms with Gasteiger partial charge in [-0.25, -0.2) is 0 Å². The first-order chi connectivity index (χ1) is 18.8. The van der Waals surface area contributed by atoms with Crippen molar-refractivity contribution < 1.29 is 29.4 Å². The molecule has 0 N–H and O–H groups in total. The van der Waals surface area contributed by atoms with Crippen LogP contribution >= 0.6 is 0 Å². The van der Waals surface area contributed by atoms with Crippen LogP contribution in [0.4, 0.5) is 0 Å². The van der Waals surface area contributed by atoms with Gasteiger partial charge in [0.1, 0.15) is 5.75 Å². The number of rotatable bonds is 2. The molecule has 1 aliphatic carbocycles. The average molecular weight is 686 g/mol. The van der Waals surface area contributed by atoms with Crippen LogP contribution in [0.1, 0.15) is 38.1 Å². The van der Waals surface area contributed by atoms with E-state index in [0.29, 0.717) is 6.04 Å². The molecule has 0 saturated heterocycles. The van der Waals surface area contributed by atoms with Crippen LogP contribution in [-0.4, -0.2) is 9.55 Å². The summed E-state index contributed by atoms with van der Waals surface area (Å²) in [4.78, 5) is 4.22. The second kappa shape index (κ2) is 11.1. The van der Waals surface area contributed by atoms with Gasteiger partial charge in [0.05, 0.1) is 17.1 Å². The van der Waals surface area contributed by atoms with E-state index in [4.69, 9.17) is 4.74 Å². The van der Waals surface area contributed by atoms with Crippen molar-refractivity contribution in [3.63, 3.8) is 0 Å². The van der Waals surface area contributed by atoms with E-state index < -0.39 is 0 Å². The van der Waals surface area contributed by atoms with Gasteiger partial charge < -0.3 is 18.9 Å². The Kier molecular flexibility index (Phi) is 7.28. The quantitative estimate of drug-likeness (QED) is 0.137. The van der Waals surface area contributed by atoms with E-state index in [1.807, 2.05) is 42.5 Å². The van der Waals surface area contributed by atoms with Crippen LogP contribution < -0.4 is 9.30 Å². The first-order valence-electron chi connectivity index (χ1n) is 13.3. The molecule has 0 atom stereocenters. The van der Waals surface area contributed by atoms with Gasteiger partial charge >= 0.3 is 20.1 Å². The Morgan fingerprint density at radius 2 is 1.69 bits per heavy atom. The first kappa shape index (κ1) is 25.5. The standard InChI is InChI=1S/C23H19N2O.C11H8N.Ir/c1-2-9-18(10-3-1)24-15-25-20-13-16-7-4-5-8-17(16)14-22(20)26-21-12-6-11-19(24)23(21)25;1-2-6-10(7-3-1)11-8-4-5-9-12-11;/h4-8,11-12,14,18H,1-3,9-10H2;1-6,8-9H;/q2*-1;+3. The second-order valence-electron chi connectivity index (χ2n) is 9.88. The van der Waals surface area contributed by atoms with E-state index in [1.54, 1.807) is 6.20 Å². The molecular formula is C34H27IrN3O+. The van der Waals surface area contributed by atoms with Crippen molar-refractivity contribution in [2.75, 3.05) is 0 Å². The third-order valence-electron chi connectivity index (χ3n) is 7.44. The van der Waals surface area contributed by atoms with E-state index >= 15 is 0 Å². The number of aromatic nitrogens is 3. The molecule has 1 fully saturated rings. The molecule has 0 radical (unpaired) electrons. The SMILES string of the molecule is [Ir+3].[c-]1c2c(cc3ccccc13)Oc1cccc3c1[n+]-2[c-]n3C1CCCCC1.[c-]1ccccc1-c1ccccn1. The molecule has 1 saturated carbocycles. The number of imidazole rings is 1. The van der Waals surface area contributed by atoms with E-state index in [9.17, 15) is 0 Å². The van der Waals surface area contributed by atoms with E-state index in [0.717, 1.165) is 44.7 Å². The van der Waals surface area contributed by atoms with Gasteiger partial charge in [0.25, 0.3) is 0 Å². The third-order valence-corrected chi connectivity index (χ3v) is 7.44. The summed E-state index contributed by atoms with van der Waals surface area (Å²) >= 11 is 0. The van der Waals surface area contributed by atoms with Crippen molar-refractivity contribution in [2.45, 2.75) is 38.1 Å². The van der Waals surface area contributed by atoms with Gasteiger partial charge in [-0.05, 0) is 43.5 Å². The number of nitrogens with zero attached hydrogens (tertiary/aromatic N) is 3. The maximum Gasteiger partial charge on any atom is 3.00 e. The third kappa shape index (κ3) is 4.89. The summed E-state index contributed by atoms with van der Waals surface area (Å²) in [7, 11) is 0. The van der Waals surface area contributed by atoms with Crippen LogP contribution in [0.2, 0.25) is 0 Å².